The van der Waals surface area contributed by atoms with Gasteiger partial charge in [-0.2, -0.15) is 0 Å². The molecule has 0 N–H and O–H groups in total. The summed E-state index contributed by atoms with van der Waals surface area (Å²) < 4.78 is 17.9. The summed E-state index contributed by atoms with van der Waals surface area (Å²) in [7, 11) is 0. The third kappa shape index (κ3) is 1.92. The highest BCUT2D eigenvalue weighted by molar-refractivity contribution is 5.25. The van der Waals surface area contributed by atoms with Crippen LogP contribution in [0.2, 0.25) is 0 Å². The van der Waals surface area contributed by atoms with Crippen molar-refractivity contribution >= 4 is 0 Å². The van der Waals surface area contributed by atoms with Crippen LogP contribution in [-0.2, 0) is 20.2 Å². The molecule has 3 saturated heterocycles. The van der Waals surface area contributed by atoms with Crippen LogP contribution in [0.25, 0.3) is 0 Å². The van der Waals surface area contributed by atoms with Crippen molar-refractivity contribution in [2.45, 2.75) is 33.7 Å². The van der Waals surface area contributed by atoms with Crippen LogP contribution in [0.5, 0.6) is 0 Å². The second-order valence-corrected chi connectivity index (χ2v) is 6.82. The van der Waals surface area contributed by atoms with Gasteiger partial charge < -0.3 is 14.2 Å². The molecule has 0 radical (unpaired) electrons. The van der Waals surface area contributed by atoms with Crippen LogP contribution in [-0.4, -0.2) is 19.8 Å². The van der Waals surface area contributed by atoms with Gasteiger partial charge in [-0.15, -0.1) is 0 Å². The Morgan fingerprint density at radius 3 is 1.79 bits per heavy atom. The van der Waals surface area contributed by atoms with Crippen LogP contribution in [0.4, 0.5) is 0 Å². The van der Waals surface area contributed by atoms with E-state index in [-0.39, 0.29) is 10.8 Å². The third-order valence-corrected chi connectivity index (χ3v) is 4.61. The molecule has 0 saturated carbocycles. The van der Waals surface area contributed by atoms with Gasteiger partial charge in [0.05, 0.1) is 19.8 Å². The van der Waals surface area contributed by atoms with E-state index in [1.165, 1.54) is 5.56 Å². The summed E-state index contributed by atoms with van der Waals surface area (Å²) in [6, 6.07) is 8.15. The van der Waals surface area contributed by atoms with Gasteiger partial charge in [0.2, 0.25) is 0 Å². The minimum atomic E-state index is -0.985. The van der Waals surface area contributed by atoms with E-state index >= 15 is 0 Å². The summed E-state index contributed by atoms with van der Waals surface area (Å²) in [4.78, 5) is 0. The molecule has 3 heteroatoms. The summed E-state index contributed by atoms with van der Waals surface area (Å²) in [6.45, 7) is 10.8. The second kappa shape index (κ2) is 4.05. The molecule has 3 nitrogen and oxygen atoms in total. The Kier molecular flexibility index (Phi) is 2.79. The zero-order valence-electron chi connectivity index (χ0n) is 12.2. The van der Waals surface area contributed by atoms with Crippen LogP contribution >= 0.6 is 0 Å². The highest BCUT2D eigenvalue weighted by Gasteiger charge is 2.57. The number of aryl methyl sites for hydroxylation is 1. The standard InChI is InChI=1S/C16H22O3/c1-12-5-7-13(8-6-12)16-17-9-15(10-18-16,11-19-16)14(2,3)4/h5-8H,9-11H2,1-4H3. The zero-order valence-corrected chi connectivity index (χ0v) is 12.2. The summed E-state index contributed by atoms with van der Waals surface area (Å²) in [5.41, 5.74) is 2.22. The number of rotatable bonds is 1. The van der Waals surface area contributed by atoms with Gasteiger partial charge in [-0.1, -0.05) is 50.6 Å². The topological polar surface area (TPSA) is 27.7 Å². The van der Waals surface area contributed by atoms with Crippen molar-refractivity contribution in [2.75, 3.05) is 19.8 Å². The van der Waals surface area contributed by atoms with E-state index in [0.717, 1.165) is 5.56 Å². The minimum absolute atomic E-state index is 0.0422. The lowest BCUT2D eigenvalue weighted by Gasteiger charge is -2.56. The average Bonchev–Trinajstić information content (AvgIpc) is 2.40. The van der Waals surface area contributed by atoms with E-state index in [9.17, 15) is 0 Å². The van der Waals surface area contributed by atoms with Crippen LogP contribution in [0.3, 0.4) is 0 Å². The van der Waals surface area contributed by atoms with Crippen LogP contribution in [0.15, 0.2) is 24.3 Å². The van der Waals surface area contributed by atoms with Crippen molar-refractivity contribution in [3.63, 3.8) is 0 Å². The maximum absolute atomic E-state index is 5.98. The molecule has 1 aromatic carbocycles. The lowest BCUT2D eigenvalue weighted by molar-refractivity contribution is -0.489. The van der Waals surface area contributed by atoms with E-state index in [1.807, 2.05) is 12.1 Å². The molecule has 3 heterocycles. The van der Waals surface area contributed by atoms with Gasteiger partial charge >= 0.3 is 5.97 Å². The number of hydrogen-bond acceptors (Lipinski definition) is 3. The van der Waals surface area contributed by atoms with Gasteiger partial charge in [0.15, 0.2) is 0 Å². The van der Waals surface area contributed by atoms with Gasteiger partial charge in [-0.3, -0.25) is 0 Å². The largest absolute Gasteiger partial charge is 0.323 e. The fourth-order valence-corrected chi connectivity index (χ4v) is 2.61. The average molecular weight is 262 g/mol. The molecule has 3 aliphatic heterocycles. The van der Waals surface area contributed by atoms with Crippen LogP contribution in [0, 0.1) is 17.8 Å². The Hall–Kier alpha value is -0.900. The zero-order chi connectivity index (χ0) is 13.7. The molecule has 2 bridgehead atoms. The molecule has 1 aromatic rings. The normalized spacial score (nSPS) is 34.5. The highest BCUT2D eigenvalue weighted by Crippen LogP contribution is 2.51. The number of hydrogen-bond donors (Lipinski definition) is 0. The Balaban J connectivity index is 1.87. The van der Waals surface area contributed by atoms with Crippen LogP contribution in [0.1, 0.15) is 31.9 Å². The lowest BCUT2D eigenvalue weighted by Crippen LogP contribution is -2.62. The van der Waals surface area contributed by atoms with E-state index in [0.29, 0.717) is 19.8 Å². The predicted octanol–water partition coefficient (Wildman–Crippen LogP) is 3.21. The van der Waals surface area contributed by atoms with Crippen molar-refractivity contribution in [1.29, 1.82) is 0 Å². The molecule has 0 amide bonds. The molecular weight excluding hydrogens is 240 g/mol. The van der Waals surface area contributed by atoms with Gasteiger partial charge in [-0.05, 0) is 12.3 Å². The molecule has 3 fully saturated rings. The van der Waals surface area contributed by atoms with Gasteiger partial charge in [-0.25, -0.2) is 0 Å². The molecule has 104 valence electrons. The predicted molar refractivity (Wildman–Crippen MR) is 72.6 cm³/mol. The Labute approximate surface area is 114 Å². The van der Waals surface area contributed by atoms with Crippen molar-refractivity contribution < 1.29 is 14.2 Å². The van der Waals surface area contributed by atoms with Crippen molar-refractivity contribution in [1.82, 2.24) is 0 Å². The molecular formula is C16H22O3. The molecule has 19 heavy (non-hydrogen) atoms. The molecule has 0 aliphatic carbocycles. The van der Waals surface area contributed by atoms with Gasteiger partial charge in [0.25, 0.3) is 0 Å². The molecule has 0 atom stereocenters. The first-order chi connectivity index (χ1) is 8.87. The number of ether oxygens (including phenoxy) is 3. The summed E-state index contributed by atoms with van der Waals surface area (Å²) >= 11 is 0. The summed E-state index contributed by atoms with van der Waals surface area (Å²) in [5, 5.41) is 0. The lowest BCUT2D eigenvalue weighted by atomic mass is 9.67. The highest BCUT2D eigenvalue weighted by atomic mass is 16.9. The molecule has 0 aromatic heterocycles. The van der Waals surface area contributed by atoms with Gasteiger partial charge in [0, 0.05) is 11.0 Å². The smallest absolute Gasteiger partial charge is 0.312 e. The van der Waals surface area contributed by atoms with E-state index < -0.39 is 5.97 Å². The summed E-state index contributed by atoms with van der Waals surface area (Å²) in [6.07, 6.45) is 0. The monoisotopic (exact) mass is 262 g/mol. The van der Waals surface area contributed by atoms with E-state index in [4.69, 9.17) is 14.2 Å². The Morgan fingerprint density at radius 2 is 1.37 bits per heavy atom. The van der Waals surface area contributed by atoms with Gasteiger partial charge in [0.1, 0.15) is 0 Å². The number of fused-ring (bicyclic) bond motifs is 3. The maximum atomic E-state index is 5.98. The molecule has 0 spiro atoms. The second-order valence-electron chi connectivity index (χ2n) is 6.82. The van der Waals surface area contributed by atoms with Crippen molar-refractivity contribution in [2.24, 2.45) is 10.8 Å². The summed E-state index contributed by atoms with van der Waals surface area (Å²) in [5.74, 6) is -0.985. The fraction of sp³-hybridized carbons (Fsp3) is 0.625. The molecule has 3 aliphatic rings. The third-order valence-electron chi connectivity index (χ3n) is 4.61. The molecule has 4 rings (SSSR count). The van der Waals surface area contributed by atoms with E-state index in [1.54, 1.807) is 0 Å². The van der Waals surface area contributed by atoms with E-state index in [2.05, 4.69) is 39.8 Å². The Bertz CT molecular complexity index is 445. The maximum Gasteiger partial charge on any atom is 0.312 e. The first kappa shape index (κ1) is 13.1. The molecule has 0 unspecified atom stereocenters. The first-order valence-corrected chi connectivity index (χ1v) is 6.86. The quantitative estimate of drug-likeness (QED) is 0.777. The minimum Gasteiger partial charge on any atom is -0.323 e. The Morgan fingerprint density at radius 1 is 0.895 bits per heavy atom. The van der Waals surface area contributed by atoms with Crippen molar-refractivity contribution in [3.05, 3.63) is 35.4 Å². The number of benzene rings is 1. The van der Waals surface area contributed by atoms with Crippen LogP contribution < -0.4 is 0 Å². The fourth-order valence-electron chi connectivity index (χ4n) is 2.61. The van der Waals surface area contributed by atoms with Crippen molar-refractivity contribution in [3.8, 4) is 0 Å². The first-order valence-electron chi connectivity index (χ1n) is 6.86. The SMILES string of the molecule is Cc1ccc(C23OCC(C(C)(C)C)(CO2)CO3)cc1.